The number of aromatic nitrogens is 3. The number of rotatable bonds is 4. The van der Waals surface area contributed by atoms with Gasteiger partial charge in [-0.1, -0.05) is 6.07 Å². The van der Waals surface area contributed by atoms with Gasteiger partial charge in [0.2, 0.25) is 0 Å². The zero-order chi connectivity index (χ0) is 17.9. The average Bonchev–Trinajstić information content (AvgIpc) is 2.67. The van der Waals surface area contributed by atoms with Crippen LogP contribution in [0.25, 0.3) is 33.2 Å². The molecule has 0 saturated carbocycles. The lowest BCUT2D eigenvalue weighted by molar-refractivity contribution is 0.614. The van der Waals surface area contributed by atoms with Gasteiger partial charge in [0.15, 0.2) is 0 Å². The molecule has 6 heteroatoms. The zero-order valence-electron chi connectivity index (χ0n) is 13.7. The van der Waals surface area contributed by atoms with E-state index in [0.717, 1.165) is 33.2 Å². The summed E-state index contributed by atoms with van der Waals surface area (Å²) in [6.07, 6.45) is 8.65. The minimum absolute atomic E-state index is 0.00637. The first-order valence-electron chi connectivity index (χ1n) is 8.06. The summed E-state index contributed by atoms with van der Waals surface area (Å²) in [4.78, 5) is 12.7. The molecule has 4 aromatic rings. The van der Waals surface area contributed by atoms with Crippen molar-refractivity contribution in [2.24, 2.45) is 0 Å². The molecule has 1 aromatic carbocycles. The van der Waals surface area contributed by atoms with E-state index < -0.39 is 10.7 Å². The molecular weight excluding hydrogens is 346 g/mol. The quantitative estimate of drug-likeness (QED) is 0.564. The molecule has 0 fully saturated rings. The van der Waals surface area contributed by atoms with E-state index in [2.05, 4.69) is 21.0 Å². The zero-order valence-corrected chi connectivity index (χ0v) is 14.6. The first-order valence-corrected chi connectivity index (χ1v) is 9.42. The van der Waals surface area contributed by atoms with Crippen molar-refractivity contribution in [2.45, 2.75) is 5.75 Å². The average molecular weight is 361 g/mol. The summed E-state index contributed by atoms with van der Waals surface area (Å²) in [6, 6.07) is 13.8. The number of benzene rings is 1. The largest absolute Gasteiger partial charge is 0.265 e. The summed E-state index contributed by atoms with van der Waals surface area (Å²) in [5.41, 5.74) is 5.57. The molecule has 0 aliphatic heterocycles. The normalized spacial score (nSPS) is 11.1. The molecule has 0 bridgehead atoms. The Morgan fingerprint density at radius 1 is 0.769 bits per heavy atom. The third kappa shape index (κ3) is 3.32. The molecule has 3 heterocycles. The number of hydrogen-bond donors (Lipinski definition) is 1. The van der Waals surface area contributed by atoms with Gasteiger partial charge in [0, 0.05) is 41.9 Å². The summed E-state index contributed by atoms with van der Waals surface area (Å²) in [6.45, 7) is 0. The van der Waals surface area contributed by atoms with Gasteiger partial charge in [-0.2, -0.15) is 0 Å². The van der Waals surface area contributed by atoms with Crippen molar-refractivity contribution >= 4 is 21.6 Å². The predicted octanol–water partition coefficient (Wildman–Crippen LogP) is 3.47. The van der Waals surface area contributed by atoms with Crippen LogP contribution in [0.1, 0.15) is 5.56 Å². The molecule has 4 rings (SSSR count). The van der Waals surface area contributed by atoms with Crippen molar-refractivity contribution in [2.75, 3.05) is 0 Å². The van der Waals surface area contributed by atoms with Gasteiger partial charge in [0.05, 0.1) is 11.3 Å². The number of thiol groups is 1. The fourth-order valence-electron chi connectivity index (χ4n) is 2.99. The minimum atomic E-state index is -2.48. The smallest absolute Gasteiger partial charge is 0.144 e. The van der Waals surface area contributed by atoms with Crippen LogP contribution in [0.2, 0.25) is 0 Å². The van der Waals surface area contributed by atoms with Crippen LogP contribution in [-0.4, -0.2) is 23.4 Å². The van der Waals surface area contributed by atoms with Crippen molar-refractivity contribution in [3.05, 3.63) is 79.0 Å². The van der Waals surface area contributed by atoms with E-state index in [1.165, 1.54) is 0 Å². The van der Waals surface area contributed by atoms with Crippen LogP contribution in [0.3, 0.4) is 0 Å². The Morgan fingerprint density at radius 2 is 1.62 bits per heavy atom. The highest BCUT2D eigenvalue weighted by Gasteiger charge is 2.08. The van der Waals surface area contributed by atoms with Gasteiger partial charge in [-0.3, -0.25) is 15.0 Å². The standard InChI is InChI=1S/C20H15N3O2S/c24-26(25)13-14-9-17(12-22-11-14)16-1-2-20-19(10-16)18(5-8-23-20)15-3-6-21-7-4-15/h1-12,26H,13H2. The van der Waals surface area contributed by atoms with Gasteiger partial charge in [0.25, 0.3) is 0 Å². The maximum atomic E-state index is 11.0. The molecular formula is C20H15N3O2S. The summed E-state index contributed by atoms with van der Waals surface area (Å²) < 4.78 is 22.0. The van der Waals surface area contributed by atoms with Gasteiger partial charge >= 0.3 is 0 Å². The third-order valence-electron chi connectivity index (χ3n) is 4.17. The van der Waals surface area contributed by atoms with E-state index in [1.54, 1.807) is 31.0 Å². The third-order valence-corrected chi connectivity index (χ3v) is 4.80. The Labute approximate surface area is 152 Å². The van der Waals surface area contributed by atoms with Crippen molar-refractivity contribution in [3.63, 3.8) is 0 Å². The highest BCUT2D eigenvalue weighted by atomic mass is 32.2. The molecule has 0 N–H and O–H groups in total. The summed E-state index contributed by atoms with van der Waals surface area (Å²) in [5, 5.41) is 1.02. The number of pyridine rings is 3. The first kappa shape index (κ1) is 16.4. The Morgan fingerprint density at radius 3 is 2.42 bits per heavy atom. The molecule has 0 amide bonds. The van der Waals surface area contributed by atoms with Gasteiger partial charge in [0.1, 0.15) is 10.7 Å². The number of hydrogen-bond acceptors (Lipinski definition) is 5. The second-order valence-corrected chi connectivity index (χ2v) is 6.88. The SMILES string of the molecule is O=[SH](=O)Cc1cncc(-c2ccc3nccc(-c4ccncc4)c3c2)c1. The van der Waals surface area contributed by atoms with E-state index in [-0.39, 0.29) is 5.75 Å². The maximum absolute atomic E-state index is 11.0. The lowest BCUT2D eigenvalue weighted by Gasteiger charge is -2.09. The molecule has 5 nitrogen and oxygen atoms in total. The summed E-state index contributed by atoms with van der Waals surface area (Å²) in [5.74, 6) is -0.00637. The van der Waals surface area contributed by atoms with Gasteiger partial charge in [-0.05, 0) is 58.7 Å². The second-order valence-electron chi connectivity index (χ2n) is 5.90. The molecule has 3 aromatic heterocycles. The first-order chi connectivity index (χ1) is 12.7. The van der Waals surface area contributed by atoms with E-state index >= 15 is 0 Å². The monoisotopic (exact) mass is 361 g/mol. The van der Waals surface area contributed by atoms with Crippen LogP contribution in [-0.2, 0) is 16.5 Å². The highest BCUT2D eigenvalue weighted by molar-refractivity contribution is 7.71. The molecule has 128 valence electrons. The van der Waals surface area contributed by atoms with Crippen LogP contribution < -0.4 is 0 Å². The highest BCUT2D eigenvalue weighted by Crippen LogP contribution is 2.31. The molecule has 26 heavy (non-hydrogen) atoms. The summed E-state index contributed by atoms with van der Waals surface area (Å²) in [7, 11) is -2.48. The van der Waals surface area contributed by atoms with Crippen LogP contribution in [0.5, 0.6) is 0 Å². The van der Waals surface area contributed by atoms with Crippen molar-refractivity contribution in [1.29, 1.82) is 0 Å². The predicted molar refractivity (Wildman–Crippen MR) is 102 cm³/mol. The number of nitrogens with zero attached hydrogens (tertiary/aromatic N) is 3. The molecule has 0 atom stereocenters. The maximum Gasteiger partial charge on any atom is 0.144 e. The van der Waals surface area contributed by atoms with Crippen molar-refractivity contribution < 1.29 is 8.42 Å². The van der Waals surface area contributed by atoms with E-state index in [4.69, 9.17) is 0 Å². The lowest BCUT2D eigenvalue weighted by Crippen LogP contribution is -1.91. The van der Waals surface area contributed by atoms with E-state index in [0.29, 0.717) is 5.56 Å². The van der Waals surface area contributed by atoms with Crippen LogP contribution >= 0.6 is 0 Å². The van der Waals surface area contributed by atoms with Crippen LogP contribution in [0, 0.1) is 0 Å². The van der Waals surface area contributed by atoms with Gasteiger partial charge in [-0.25, -0.2) is 8.42 Å². The van der Waals surface area contributed by atoms with Crippen molar-refractivity contribution in [3.8, 4) is 22.3 Å². The molecule has 0 saturated heterocycles. The Bertz CT molecular complexity index is 1150. The molecule has 0 radical (unpaired) electrons. The summed E-state index contributed by atoms with van der Waals surface area (Å²) >= 11 is 0. The van der Waals surface area contributed by atoms with Crippen molar-refractivity contribution in [1.82, 2.24) is 15.0 Å². The molecule has 0 aliphatic rings. The Balaban J connectivity index is 1.85. The fourth-order valence-corrected chi connectivity index (χ4v) is 3.46. The van der Waals surface area contributed by atoms with Gasteiger partial charge < -0.3 is 0 Å². The van der Waals surface area contributed by atoms with Crippen LogP contribution in [0.15, 0.2) is 73.4 Å². The minimum Gasteiger partial charge on any atom is -0.265 e. The second kappa shape index (κ2) is 7.01. The Hall–Kier alpha value is -3.12. The number of fused-ring (bicyclic) bond motifs is 1. The van der Waals surface area contributed by atoms with E-state index in [1.807, 2.05) is 36.4 Å². The van der Waals surface area contributed by atoms with Gasteiger partial charge in [-0.15, -0.1) is 0 Å². The lowest BCUT2D eigenvalue weighted by atomic mass is 9.98. The molecule has 0 aliphatic carbocycles. The van der Waals surface area contributed by atoms with E-state index in [9.17, 15) is 8.42 Å². The topological polar surface area (TPSA) is 72.8 Å². The fraction of sp³-hybridized carbons (Fsp3) is 0.0500. The molecule has 0 spiro atoms. The Kier molecular flexibility index (Phi) is 4.41. The molecule has 0 unspecified atom stereocenters. The van der Waals surface area contributed by atoms with Crippen LogP contribution in [0.4, 0.5) is 0 Å².